The van der Waals surface area contributed by atoms with E-state index < -0.39 is 0 Å². The molecule has 0 bridgehead atoms. The van der Waals surface area contributed by atoms with Crippen molar-refractivity contribution in [3.8, 4) is 0 Å². The number of alkyl halides is 2. The molecule has 1 heterocycles. The third-order valence-electron chi connectivity index (χ3n) is 1.93. The predicted molar refractivity (Wildman–Crippen MR) is 73.2 cm³/mol. The predicted octanol–water partition coefficient (Wildman–Crippen LogP) is 3.70. The SMILES string of the molecule is [N-]=[N+]=NCCOCc1cc(CBr)nc(CBr)c1. The summed E-state index contributed by atoms with van der Waals surface area (Å²) in [6, 6.07) is 3.99. The van der Waals surface area contributed by atoms with Gasteiger partial charge in [0, 0.05) is 22.1 Å². The van der Waals surface area contributed by atoms with Crippen LogP contribution < -0.4 is 0 Å². The van der Waals surface area contributed by atoms with Gasteiger partial charge >= 0.3 is 0 Å². The summed E-state index contributed by atoms with van der Waals surface area (Å²) >= 11 is 6.77. The van der Waals surface area contributed by atoms with Crippen LogP contribution in [-0.2, 0) is 22.0 Å². The van der Waals surface area contributed by atoms with Crippen molar-refractivity contribution >= 4 is 31.9 Å². The maximum absolute atomic E-state index is 8.10. The largest absolute Gasteiger partial charge is 0.377 e. The number of halogens is 2. The average Bonchev–Trinajstić information content (AvgIpc) is 2.38. The van der Waals surface area contributed by atoms with Gasteiger partial charge in [-0.15, -0.1) is 0 Å². The summed E-state index contributed by atoms with van der Waals surface area (Å²) in [6.07, 6.45) is 0. The Kier molecular flexibility index (Phi) is 7.19. The molecular weight excluding hydrogens is 352 g/mol. The third kappa shape index (κ3) is 5.50. The van der Waals surface area contributed by atoms with Crippen molar-refractivity contribution in [3.63, 3.8) is 0 Å². The summed E-state index contributed by atoms with van der Waals surface area (Å²) in [6.45, 7) is 1.29. The number of aromatic nitrogens is 1. The lowest BCUT2D eigenvalue weighted by atomic mass is 10.2. The highest BCUT2D eigenvalue weighted by Gasteiger charge is 2.01. The van der Waals surface area contributed by atoms with Gasteiger partial charge in [-0.2, -0.15) is 0 Å². The minimum Gasteiger partial charge on any atom is -0.377 e. The average molecular weight is 364 g/mol. The van der Waals surface area contributed by atoms with E-state index in [9.17, 15) is 0 Å². The molecule has 0 saturated carbocycles. The van der Waals surface area contributed by atoms with Crippen molar-refractivity contribution in [1.82, 2.24) is 4.98 Å². The first kappa shape index (κ1) is 14.4. The van der Waals surface area contributed by atoms with Crippen LogP contribution in [0.5, 0.6) is 0 Å². The summed E-state index contributed by atoms with van der Waals surface area (Å²) in [5.41, 5.74) is 11.1. The Morgan fingerprint density at radius 1 is 1.29 bits per heavy atom. The fourth-order valence-electron chi connectivity index (χ4n) is 1.28. The van der Waals surface area contributed by atoms with Gasteiger partial charge in [0.2, 0.25) is 0 Å². The number of rotatable bonds is 7. The zero-order valence-electron chi connectivity index (χ0n) is 9.14. The van der Waals surface area contributed by atoms with Crippen molar-refractivity contribution in [2.24, 2.45) is 5.11 Å². The number of ether oxygens (including phenoxy) is 1. The molecule has 0 spiro atoms. The van der Waals surface area contributed by atoms with Crippen LogP contribution in [0.4, 0.5) is 0 Å². The Balaban J connectivity index is 2.54. The van der Waals surface area contributed by atoms with E-state index in [4.69, 9.17) is 10.3 Å². The van der Waals surface area contributed by atoms with Gasteiger partial charge < -0.3 is 4.74 Å². The number of azide groups is 1. The Morgan fingerprint density at radius 2 is 1.94 bits per heavy atom. The molecule has 1 aromatic heterocycles. The van der Waals surface area contributed by atoms with Gasteiger partial charge in [0.25, 0.3) is 0 Å². The minimum atomic E-state index is 0.359. The van der Waals surface area contributed by atoms with Crippen LogP contribution in [-0.4, -0.2) is 18.1 Å². The van der Waals surface area contributed by atoms with Gasteiger partial charge in [-0.25, -0.2) is 0 Å². The number of hydrogen-bond donors (Lipinski definition) is 0. The Hall–Kier alpha value is -0.620. The van der Waals surface area contributed by atoms with E-state index in [-0.39, 0.29) is 0 Å². The standard InChI is InChI=1S/C10H12Br2N4O/c11-5-9-3-8(4-10(6-12)15-9)7-17-2-1-14-16-13/h3-4H,1-2,5-7H2. The van der Waals surface area contributed by atoms with Gasteiger partial charge in [-0.3, -0.25) is 4.98 Å². The maximum atomic E-state index is 8.10. The molecule has 1 aromatic rings. The molecule has 0 saturated heterocycles. The van der Waals surface area contributed by atoms with Crippen LogP contribution in [0, 0.1) is 0 Å². The molecule has 5 nitrogen and oxygen atoms in total. The van der Waals surface area contributed by atoms with Crippen LogP contribution in [0.1, 0.15) is 17.0 Å². The Labute approximate surface area is 116 Å². The fourth-order valence-corrected chi connectivity index (χ4v) is 1.85. The van der Waals surface area contributed by atoms with Crippen molar-refractivity contribution in [2.75, 3.05) is 13.2 Å². The summed E-state index contributed by atoms with van der Waals surface area (Å²) in [5, 5.41) is 4.84. The molecule has 0 aliphatic carbocycles. The number of pyridine rings is 1. The molecule has 0 amide bonds. The molecule has 0 fully saturated rings. The lowest BCUT2D eigenvalue weighted by Crippen LogP contribution is -2.01. The molecule has 17 heavy (non-hydrogen) atoms. The van der Waals surface area contributed by atoms with Crippen LogP contribution in [0.15, 0.2) is 17.2 Å². The van der Waals surface area contributed by atoms with E-state index in [2.05, 4.69) is 46.9 Å². The Morgan fingerprint density at radius 3 is 2.47 bits per heavy atom. The molecule has 0 atom stereocenters. The van der Waals surface area contributed by atoms with Crippen molar-refractivity contribution in [3.05, 3.63) is 39.5 Å². The highest BCUT2D eigenvalue weighted by atomic mass is 79.9. The van der Waals surface area contributed by atoms with E-state index in [1.165, 1.54) is 0 Å². The molecule has 0 aliphatic heterocycles. The molecule has 0 unspecified atom stereocenters. The first-order valence-corrected chi connectivity index (χ1v) is 7.23. The monoisotopic (exact) mass is 362 g/mol. The first-order chi connectivity index (χ1) is 8.30. The maximum Gasteiger partial charge on any atom is 0.0718 e. The molecule has 0 radical (unpaired) electrons. The summed E-state index contributed by atoms with van der Waals surface area (Å²) in [5.74, 6) is 0. The van der Waals surface area contributed by atoms with Crippen LogP contribution in [0.2, 0.25) is 0 Å². The molecule has 7 heteroatoms. The highest BCUT2D eigenvalue weighted by molar-refractivity contribution is 9.08. The number of hydrogen-bond acceptors (Lipinski definition) is 3. The van der Waals surface area contributed by atoms with Crippen molar-refractivity contribution in [2.45, 2.75) is 17.3 Å². The van der Waals surface area contributed by atoms with Gasteiger partial charge in [0.1, 0.15) is 0 Å². The lowest BCUT2D eigenvalue weighted by Gasteiger charge is -2.06. The van der Waals surface area contributed by atoms with Gasteiger partial charge in [0.05, 0.1) is 24.6 Å². The van der Waals surface area contributed by atoms with E-state index in [1.54, 1.807) is 0 Å². The van der Waals surface area contributed by atoms with Gasteiger partial charge in [0.15, 0.2) is 0 Å². The lowest BCUT2D eigenvalue weighted by molar-refractivity contribution is 0.128. The second kappa shape index (κ2) is 8.47. The zero-order chi connectivity index (χ0) is 12.5. The summed E-state index contributed by atoms with van der Waals surface area (Å²) in [4.78, 5) is 7.07. The highest BCUT2D eigenvalue weighted by Crippen LogP contribution is 2.12. The van der Waals surface area contributed by atoms with Gasteiger partial charge in [-0.05, 0) is 23.2 Å². The second-order valence-corrected chi connectivity index (χ2v) is 4.35. The quantitative estimate of drug-likeness (QED) is 0.243. The van der Waals surface area contributed by atoms with Crippen molar-refractivity contribution in [1.29, 1.82) is 0 Å². The smallest absolute Gasteiger partial charge is 0.0718 e. The molecule has 0 N–H and O–H groups in total. The summed E-state index contributed by atoms with van der Waals surface area (Å²) < 4.78 is 5.40. The molecule has 0 aromatic carbocycles. The molecule has 0 aliphatic rings. The topological polar surface area (TPSA) is 70.9 Å². The van der Waals surface area contributed by atoms with E-state index in [0.29, 0.717) is 19.8 Å². The van der Waals surface area contributed by atoms with Gasteiger partial charge in [-0.1, -0.05) is 37.0 Å². The van der Waals surface area contributed by atoms with Crippen LogP contribution >= 0.6 is 31.9 Å². The number of nitrogens with zero attached hydrogens (tertiary/aromatic N) is 4. The van der Waals surface area contributed by atoms with E-state index >= 15 is 0 Å². The molecular formula is C10H12Br2N4O. The second-order valence-electron chi connectivity index (χ2n) is 3.23. The van der Waals surface area contributed by atoms with Crippen LogP contribution in [0.25, 0.3) is 10.4 Å². The van der Waals surface area contributed by atoms with Crippen molar-refractivity contribution < 1.29 is 4.74 Å². The fraction of sp³-hybridized carbons (Fsp3) is 0.500. The van der Waals surface area contributed by atoms with Crippen LogP contribution in [0.3, 0.4) is 0 Å². The summed E-state index contributed by atoms with van der Waals surface area (Å²) in [7, 11) is 0. The normalized spacial score (nSPS) is 10.0. The minimum absolute atomic E-state index is 0.359. The molecule has 1 rings (SSSR count). The third-order valence-corrected chi connectivity index (χ3v) is 3.08. The Bertz CT molecular complexity index is 385. The first-order valence-electron chi connectivity index (χ1n) is 4.99. The molecule has 92 valence electrons. The zero-order valence-corrected chi connectivity index (χ0v) is 12.3. The van der Waals surface area contributed by atoms with E-state index in [1.807, 2.05) is 12.1 Å². The van der Waals surface area contributed by atoms with E-state index in [0.717, 1.165) is 27.6 Å².